The van der Waals surface area contributed by atoms with Gasteiger partial charge < -0.3 is 15.0 Å². The van der Waals surface area contributed by atoms with Gasteiger partial charge in [0.2, 0.25) is 0 Å². The zero-order chi connectivity index (χ0) is 16.1. The van der Waals surface area contributed by atoms with E-state index in [2.05, 4.69) is 17.6 Å². The Morgan fingerprint density at radius 3 is 2.61 bits per heavy atom. The average molecular weight is 309 g/mol. The van der Waals surface area contributed by atoms with Crippen LogP contribution in [0.3, 0.4) is 0 Å². The first kappa shape index (κ1) is 15.6. The van der Waals surface area contributed by atoms with Crippen molar-refractivity contribution in [3.63, 3.8) is 0 Å². The molecule has 0 aliphatic rings. The Balaban J connectivity index is 1.71. The van der Waals surface area contributed by atoms with Crippen molar-refractivity contribution < 1.29 is 4.74 Å². The average Bonchev–Trinajstić information content (AvgIpc) is 2.98. The lowest BCUT2D eigenvalue weighted by Gasteiger charge is -2.13. The van der Waals surface area contributed by atoms with Crippen LogP contribution in [0, 0.1) is 0 Å². The molecular formula is C19H23N3O. The fourth-order valence-electron chi connectivity index (χ4n) is 2.72. The van der Waals surface area contributed by atoms with Gasteiger partial charge >= 0.3 is 0 Å². The topological polar surface area (TPSA) is 53.1 Å². The molecule has 0 amide bonds. The maximum Gasteiger partial charge on any atom is 0.126 e. The summed E-state index contributed by atoms with van der Waals surface area (Å²) in [5, 5.41) is 0. The number of ether oxygens (including phenoxy) is 1. The van der Waals surface area contributed by atoms with Gasteiger partial charge in [0.05, 0.1) is 23.7 Å². The maximum absolute atomic E-state index is 6.24. The highest BCUT2D eigenvalue weighted by molar-refractivity contribution is 5.76. The Bertz CT molecular complexity index is 752. The van der Waals surface area contributed by atoms with Crippen LogP contribution in [0.1, 0.15) is 31.6 Å². The van der Waals surface area contributed by atoms with Gasteiger partial charge in [-0.15, -0.1) is 0 Å². The Hall–Kier alpha value is -2.33. The van der Waals surface area contributed by atoms with E-state index in [1.807, 2.05) is 48.5 Å². The summed E-state index contributed by atoms with van der Waals surface area (Å²) in [5.74, 6) is 1.88. The second-order valence-electron chi connectivity index (χ2n) is 5.64. The third kappa shape index (κ3) is 3.54. The van der Waals surface area contributed by atoms with Gasteiger partial charge in [-0.3, -0.25) is 0 Å². The van der Waals surface area contributed by atoms with Crippen LogP contribution in [0.25, 0.3) is 11.0 Å². The van der Waals surface area contributed by atoms with Gasteiger partial charge in [-0.1, -0.05) is 37.3 Å². The molecular weight excluding hydrogens is 286 g/mol. The summed E-state index contributed by atoms with van der Waals surface area (Å²) in [6.07, 6.45) is 1.79. The smallest absolute Gasteiger partial charge is 0.126 e. The lowest BCUT2D eigenvalue weighted by Crippen LogP contribution is -2.17. The lowest BCUT2D eigenvalue weighted by molar-refractivity contribution is 0.301. The maximum atomic E-state index is 6.24. The normalized spacial score (nSPS) is 12.4. The van der Waals surface area contributed by atoms with E-state index < -0.39 is 0 Å². The highest BCUT2D eigenvalue weighted by atomic mass is 16.5. The van der Waals surface area contributed by atoms with E-state index in [0.29, 0.717) is 6.61 Å². The number of rotatable bonds is 7. The number of para-hydroxylation sites is 3. The second-order valence-corrected chi connectivity index (χ2v) is 5.64. The van der Waals surface area contributed by atoms with Crippen LogP contribution in [0.2, 0.25) is 0 Å². The Morgan fingerprint density at radius 2 is 1.83 bits per heavy atom. The van der Waals surface area contributed by atoms with Crippen molar-refractivity contribution in [3.05, 3.63) is 60.4 Å². The largest absolute Gasteiger partial charge is 0.494 e. The van der Waals surface area contributed by atoms with Crippen LogP contribution in [-0.2, 0) is 6.54 Å². The molecule has 1 atom stereocenters. The fourth-order valence-corrected chi connectivity index (χ4v) is 2.72. The van der Waals surface area contributed by atoms with Crippen molar-refractivity contribution in [3.8, 4) is 5.75 Å². The van der Waals surface area contributed by atoms with Gasteiger partial charge in [-0.05, 0) is 37.1 Å². The molecule has 1 heterocycles. The molecule has 120 valence electrons. The minimum absolute atomic E-state index is 0.0301. The molecule has 0 saturated heterocycles. The molecule has 2 N–H and O–H groups in total. The molecule has 0 aliphatic heterocycles. The number of aryl methyl sites for hydroxylation is 1. The van der Waals surface area contributed by atoms with Gasteiger partial charge in [-0.2, -0.15) is 0 Å². The number of nitrogens with two attached hydrogens (primary N) is 1. The Kier molecular flexibility index (Phi) is 4.93. The molecule has 0 spiro atoms. The third-order valence-corrected chi connectivity index (χ3v) is 3.99. The quantitative estimate of drug-likeness (QED) is 0.673. The van der Waals surface area contributed by atoms with Crippen LogP contribution >= 0.6 is 0 Å². The second kappa shape index (κ2) is 7.29. The highest BCUT2D eigenvalue weighted by Gasteiger charge is 2.15. The SMILES string of the molecule is CCC(N)c1nc2ccccc2n1CCCOc1ccccc1. The fraction of sp³-hybridized carbons (Fsp3) is 0.316. The van der Waals surface area contributed by atoms with Crippen molar-refractivity contribution in [1.29, 1.82) is 0 Å². The number of nitrogens with zero attached hydrogens (tertiary/aromatic N) is 2. The third-order valence-electron chi connectivity index (χ3n) is 3.99. The van der Waals surface area contributed by atoms with Gasteiger partial charge in [0.25, 0.3) is 0 Å². The van der Waals surface area contributed by atoms with E-state index in [1.54, 1.807) is 0 Å². The summed E-state index contributed by atoms with van der Waals surface area (Å²) >= 11 is 0. The minimum Gasteiger partial charge on any atom is -0.494 e. The molecule has 1 unspecified atom stereocenters. The molecule has 0 bridgehead atoms. The molecule has 0 fully saturated rings. The predicted molar refractivity (Wildman–Crippen MR) is 93.5 cm³/mol. The van der Waals surface area contributed by atoms with Crippen LogP contribution in [0.15, 0.2) is 54.6 Å². The van der Waals surface area contributed by atoms with E-state index >= 15 is 0 Å². The first-order valence-corrected chi connectivity index (χ1v) is 8.18. The van der Waals surface area contributed by atoms with Gasteiger partial charge in [0, 0.05) is 6.54 Å². The van der Waals surface area contributed by atoms with E-state index in [4.69, 9.17) is 15.5 Å². The molecule has 4 heteroatoms. The van der Waals surface area contributed by atoms with Crippen molar-refractivity contribution >= 4 is 11.0 Å². The molecule has 0 aliphatic carbocycles. The summed E-state index contributed by atoms with van der Waals surface area (Å²) in [6, 6.07) is 18.1. The number of imidazole rings is 1. The molecule has 2 aromatic carbocycles. The first-order valence-electron chi connectivity index (χ1n) is 8.18. The predicted octanol–water partition coefficient (Wildman–Crippen LogP) is 3.92. The summed E-state index contributed by atoms with van der Waals surface area (Å²) < 4.78 is 8.01. The Labute approximate surface area is 136 Å². The first-order chi connectivity index (χ1) is 11.3. The van der Waals surface area contributed by atoms with Crippen LogP contribution in [0.4, 0.5) is 0 Å². The molecule has 1 aromatic heterocycles. The lowest BCUT2D eigenvalue weighted by atomic mass is 10.2. The van der Waals surface area contributed by atoms with E-state index in [-0.39, 0.29) is 6.04 Å². The molecule has 3 aromatic rings. The van der Waals surface area contributed by atoms with Crippen LogP contribution in [0.5, 0.6) is 5.75 Å². The number of hydrogen-bond acceptors (Lipinski definition) is 3. The van der Waals surface area contributed by atoms with Crippen molar-refractivity contribution in [2.45, 2.75) is 32.4 Å². The monoisotopic (exact) mass is 309 g/mol. The summed E-state index contributed by atoms with van der Waals surface area (Å²) in [6.45, 7) is 3.63. The molecule has 4 nitrogen and oxygen atoms in total. The standard InChI is InChI=1S/C19H23N3O/c1-2-16(20)19-21-17-11-6-7-12-18(17)22(19)13-8-14-23-15-9-4-3-5-10-15/h3-7,9-12,16H,2,8,13-14,20H2,1H3. The van der Waals surface area contributed by atoms with Gasteiger partial charge in [0.1, 0.15) is 11.6 Å². The zero-order valence-corrected chi connectivity index (χ0v) is 13.5. The van der Waals surface area contributed by atoms with Crippen molar-refractivity contribution in [1.82, 2.24) is 9.55 Å². The van der Waals surface area contributed by atoms with Gasteiger partial charge in [-0.25, -0.2) is 4.98 Å². The summed E-state index contributed by atoms with van der Waals surface area (Å²) in [4.78, 5) is 4.72. The highest BCUT2D eigenvalue weighted by Crippen LogP contribution is 2.21. The number of benzene rings is 2. The number of hydrogen-bond donors (Lipinski definition) is 1. The van der Waals surface area contributed by atoms with Gasteiger partial charge in [0.15, 0.2) is 0 Å². The molecule has 0 saturated carbocycles. The molecule has 0 radical (unpaired) electrons. The van der Waals surface area contributed by atoms with Crippen LogP contribution < -0.4 is 10.5 Å². The van der Waals surface area contributed by atoms with E-state index in [0.717, 1.165) is 42.0 Å². The number of aromatic nitrogens is 2. The molecule has 23 heavy (non-hydrogen) atoms. The van der Waals surface area contributed by atoms with E-state index in [9.17, 15) is 0 Å². The van der Waals surface area contributed by atoms with Crippen molar-refractivity contribution in [2.24, 2.45) is 5.73 Å². The van der Waals surface area contributed by atoms with E-state index in [1.165, 1.54) is 0 Å². The molecule has 3 rings (SSSR count). The zero-order valence-electron chi connectivity index (χ0n) is 13.5. The summed E-state index contributed by atoms with van der Waals surface area (Å²) in [5.41, 5.74) is 8.39. The number of fused-ring (bicyclic) bond motifs is 1. The van der Waals surface area contributed by atoms with Crippen LogP contribution in [-0.4, -0.2) is 16.2 Å². The summed E-state index contributed by atoms with van der Waals surface area (Å²) in [7, 11) is 0. The van der Waals surface area contributed by atoms with Crippen molar-refractivity contribution in [2.75, 3.05) is 6.61 Å². The Morgan fingerprint density at radius 1 is 1.09 bits per heavy atom. The minimum atomic E-state index is -0.0301.